The standard InChI is InChI=1S/C20H23NO4/c1-19(2)24-17-16(22)11-20(18(17)25-19)9-14(10-20)23-13-6-5-12-4-3-7-21-15(12)8-13/h3-8,14,16-18,22H,9-11H2,1-2H3/t14?,16-,17-,18-,20?/m0/s1. The fraction of sp³-hybridized carbons (Fsp3) is 0.550. The van der Waals surface area contributed by atoms with Crippen LogP contribution >= 0.6 is 0 Å². The van der Waals surface area contributed by atoms with Gasteiger partial charge in [0.15, 0.2) is 5.79 Å². The van der Waals surface area contributed by atoms with Gasteiger partial charge in [-0.1, -0.05) is 6.07 Å². The molecule has 0 radical (unpaired) electrons. The summed E-state index contributed by atoms with van der Waals surface area (Å²) in [7, 11) is 0. The van der Waals surface area contributed by atoms with Crippen molar-refractivity contribution >= 4 is 10.9 Å². The Hall–Kier alpha value is -1.69. The summed E-state index contributed by atoms with van der Waals surface area (Å²) in [5.41, 5.74) is 0.928. The SMILES string of the molecule is CC1(C)O[C@H]2[C@@H](O)CC3(CC(Oc4ccc5cccnc5c4)C3)[C@H]2O1. The van der Waals surface area contributed by atoms with E-state index < -0.39 is 11.9 Å². The van der Waals surface area contributed by atoms with Gasteiger partial charge in [-0.3, -0.25) is 4.98 Å². The van der Waals surface area contributed by atoms with Gasteiger partial charge in [-0.2, -0.15) is 0 Å². The topological polar surface area (TPSA) is 60.8 Å². The van der Waals surface area contributed by atoms with Gasteiger partial charge < -0.3 is 19.3 Å². The third-order valence-electron chi connectivity index (χ3n) is 5.88. The first-order valence-electron chi connectivity index (χ1n) is 8.99. The van der Waals surface area contributed by atoms with E-state index in [1.165, 1.54) is 0 Å². The van der Waals surface area contributed by atoms with Crippen LogP contribution in [0, 0.1) is 5.41 Å². The van der Waals surface area contributed by atoms with Crippen LogP contribution in [-0.2, 0) is 9.47 Å². The molecule has 2 aromatic rings. The van der Waals surface area contributed by atoms with Crippen molar-refractivity contribution in [2.75, 3.05) is 0 Å². The second kappa shape index (κ2) is 5.16. The summed E-state index contributed by atoms with van der Waals surface area (Å²) in [4.78, 5) is 4.38. The smallest absolute Gasteiger partial charge is 0.163 e. The second-order valence-corrected chi connectivity index (χ2v) is 8.16. The Morgan fingerprint density at radius 3 is 2.84 bits per heavy atom. The third-order valence-corrected chi connectivity index (χ3v) is 5.88. The molecular formula is C20H23NO4. The molecule has 5 heteroatoms. The normalized spacial score (nSPS) is 38.7. The van der Waals surface area contributed by atoms with Crippen LogP contribution in [0.1, 0.15) is 33.1 Å². The average molecular weight is 341 g/mol. The molecule has 0 unspecified atom stereocenters. The van der Waals surface area contributed by atoms with Gasteiger partial charge in [-0.25, -0.2) is 0 Å². The molecule has 25 heavy (non-hydrogen) atoms. The quantitative estimate of drug-likeness (QED) is 0.910. The van der Waals surface area contributed by atoms with Crippen molar-refractivity contribution in [1.29, 1.82) is 0 Å². The van der Waals surface area contributed by atoms with E-state index >= 15 is 0 Å². The van der Waals surface area contributed by atoms with Gasteiger partial charge in [0.2, 0.25) is 0 Å². The summed E-state index contributed by atoms with van der Waals surface area (Å²) in [6.45, 7) is 3.83. The molecule has 1 aromatic carbocycles. The minimum Gasteiger partial charge on any atom is -0.490 e. The summed E-state index contributed by atoms with van der Waals surface area (Å²) in [6.07, 6.45) is 3.78. The monoisotopic (exact) mass is 341 g/mol. The molecule has 3 fully saturated rings. The number of hydrogen-bond acceptors (Lipinski definition) is 5. The Morgan fingerprint density at radius 2 is 2.00 bits per heavy atom. The summed E-state index contributed by atoms with van der Waals surface area (Å²) in [5.74, 6) is 0.240. The first-order valence-corrected chi connectivity index (χ1v) is 8.99. The van der Waals surface area contributed by atoms with Gasteiger partial charge in [0.1, 0.15) is 11.9 Å². The van der Waals surface area contributed by atoms with Crippen molar-refractivity contribution in [3.63, 3.8) is 0 Å². The Kier molecular flexibility index (Phi) is 3.21. The molecule has 3 atom stereocenters. The Bertz CT molecular complexity index is 814. The maximum Gasteiger partial charge on any atom is 0.163 e. The number of nitrogens with zero attached hydrogens (tertiary/aromatic N) is 1. The largest absolute Gasteiger partial charge is 0.490 e. The average Bonchev–Trinajstić information content (AvgIpc) is 3.00. The molecule has 3 aliphatic rings. The number of aromatic nitrogens is 1. The molecule has 1 aliphatic heterocycles. The number of pyridine rings is 1. The lowest BCUT2D eigenvalue weighted by molar-refractivity contribution is -0.190. The maximum atomic E-state index is 10.4. The van der Waals surface area contributed by atoms with Gasteiger partial charge in [0.05, 0.1) is 23.8 Å². The van der Waals surface area contributed by atoms with Crippen LogP contribution in [0.5, 0.6) is 5.75 Å². The van der Waals surface area contributed by atoms with E-state index in [4.69, 9.17) is 14.2 Å². The number of ether oxygens (including phenoxy) is 3. The first-order chi connectivity index (χ1) is 11.9. The zero-order chi connectivity index (χ0) is 17.2. The summed E-state index contributed by atoms with van der Waals surface area (Å²) in [5, 5.41) is 11.5. The minimum absolute atomic E-state index is 0.0163. The van der Waals surface area contributed by atoms with E-state index in [9.17, 15) is 5.11 Å². The molecule has 2 heterocycles. The van der Waals surface area contributed by atoms with Crippen LogP contribution in [0.3, 0.4) is 0 Å². The summed E-state index contributed by atoms with van der Waals surface area (Å²) >= 11 is 0. The highest BCUT2D eigenvalue weighted by molar-refractivity contribution is 5.79. The summed E-state index contributed by atoms with van der Waals surface area (Å²) in [6, 6.07) is 10.0. The Labute approximate surface area is 146 Å². The molecule has 0 bridgehead atoms. The molecule has 5 nitrogen and oxygen atoms in total. The summed E-state index contributed by atoms with van der Waals surface area (Å²) < 4.78 is 18.2. The van der Waals surface area contributed by atoms with Crippen LogP contribution in [0.2, 0.25) is 0 Å². The molecule has 2 saturated carbocycles. The van der Waals surface area contributed by atoms with Gasteiger partial charge in [-0.05, 0) is 51.3 Å². The van der Waals surface area contributed by atoms with Crippen LogP contribution in [0.15, 0.2) is 36.5 Å². The Balaban J connectivity index is 1.30. The van der Waals surface area contributed by atoms with Crippen molar-refractivity contribution in [3.8, 4) is 5.75 Å². The van der Waals surface area contributed by atoms with Gasteiger partial charge in [0.25, 0.3) is 0 Å². The van der Waals surface area contributed by atoms with Crippen molar-refractivity contribution in [1.82, 2.24) is 4.98 Å². The fourth-order valence-corrected chi connectivity index (χ4v) is 4.83. The lowest BCUT2D eigenvalue weighted by Crippen LogP contribution is -2.50. The molecule has 0 amide bonds. The predicted octanol–water partition coefficient (Wildman–Crippen LogP) is 3.05. The molecular weight excluding hydrogens is 318 g/mol. The molecule has 5 rings (SSSR count). The fourth-order valence-electron chi connectivity index (χ4n) is 4.83. The van der Waals surface area contributed by atoms with Crippen molar-refractivity contribution in [2.45, 2.75) is 63.3 Å². The number of rotatable bonds is 2. The second-order valence-electron chi connectivity index (χ2n) is 8.16. The molecule has 132 valence electrons. The minimum atomic E-state index is -0.611. The molecule has 2 aliphatic carbocycles. The van der Waals surface area contributed by atoms with E-state index in [1.807, 2.05) is 44.2 Å². The number of hydrogen-bond donors (Lipinski definition) is 1. The van der Waals surface area contributed by atoms with Crippen molar-refractivity contribution < 1.29 is 19.3 Å². The highest BCUT2D eigenvalue weighted by Crippen LogP contribution is 2.59. The maximum absolute atomic E-state index is 10.4. The molecule has 1 spiro atoms. The van der Waals surface area contributed by atoms with E-state index in [-0.39, 0.29) is 23.7 Å². The van der Waals surface area contributed by atoms with E-state index in [0.717, 1.165) is 35.9 Å². The van der Waals surface area contributed by atoms with Crippen LogP contribution in [-0.4, -0.2) is 40.3 Å². The number of aliphatic hydroxyl groups is 1. The van der Waals surface area contributed by atoms with Crippen LogP contribution in [0.25, 0.3) is 10.9 Å². The predicted molar refractivity (Wildman–Crippen MR) is 92.3 cm³/mol. The van der Waals surface area contributed by atoms with Crippen molar-refractivity contribution in [2.24, 2.45) is 5.41 Å². The molecule has 1 N–H and O–H groups in total. The van der Waals surface area contributed by atoms with Gasteiger partial charge in [0, 0.05) is 23.1 Å². The Morgan fingerprint density at radius 1 is 1.16 bits per heavy atom. The molecule has 1 saturated heterocycles. The first kappa shape index (κ1) is 15.6. The highest BCUT2D eigenvalue weighted by atomic mass is 16.8. The van der Waals surface area contributed by atoms with Gasteiger partial charge in [-0.15, -0.1) is 0 Å². The zero-order valence-electron chi connectivity index (χ0n) is 14.5. The number of aliphatic hydroxyl groups excluding tert-OH is 1. The zero-order valence-corrected chi connectivity index (χ0v) is 14.5. The van der Waals surface area contributed by atoms with Crippen LogP contribution in [0.4, 0.5) is 0 Å². The lowest BCUT2D eigenvalue weighted by Gasteiger charge is -2.47. The van der Waals surface area contributed by atoms with Crippen molar-refractivity contribution in [3.05, 3.63) is 36.5 Å². The van der Waals surface area contributed by atoms with Crippen LogP contribution < -0.4 is 4.74 Å². The molecule has 1 aromatic heterocycles. The van der Waals surface area contributed by atoms with E-state index in [2.05, 4.69) is 4.98 Å². The third kappa shape index (κ3) is 2.45. The van der Waals surface area contributed by atoms with E-state index in [1.54, 1.807) is 6.20 Å². The number of fused-ring (bicyclic) bond motifs is 3. The van der Waals surface area contributed by atoms with Gasteiger partial charge >= 0.3 is 0 Å². The van der Waals surface area contributed by atoms with E-state index in [0.29, 0.717) is 0 Å². The highest BCUT2D eigenvalue weighted by Gasteiger charge is 2.65. The number of benzene rings is 1. The lowest BCUT2D eigenvalue weighted by atomic mass is 9.64.